The minimum Gasteiger partial charge on any atom is -0.330 e. The van der Waals surface area contributed by atoms with Crippen molar-refractivity contribution in [2.45, 2.75) is 38.5 Å². The van der Waals surface area contributed by atoms with Crippen molar-refractivity contribution >= 4 is 11.6 Å². The molecule has 0 spiro atoms. The molecule has 1 aromatic rings. The van der Waals surface area contributed by atoms with Crippen molar-refractivity contribution < 1.29 is 4.79 Å². The van der Waals surface area contributed by atoms with Crippen LogP contribution in [0, 0.1) is 0 Å². The normalized spacial score (nSPS) is 10.2. The first-order valence-corrected chi connectivity index (χ1v) is 6.38. The zero-order chi connectivity index (χ0) is 12.3. The Morgan fingerprint density at radius 3 is 2.35 bits per heavy atom. The standard InChI is InChI=1S/C14H22N2O/c15-12-8-3-1-2-7-11-14(17)16-13-9-5-4-6-10-13/h4-6,9-10H,1-3,7-8,11-12,15H2,(H,16,17). The van der Waals surface area contributed by atoms with Gasteiger partial charge in [-0.1, -0.05) is 37.5 Å². The van der Waals surface area contributed by atoms with E-state index < -0.39 is 0 Å². The van der Waals surface area contributed by atoms with Gasteiger partial charge in [0.15, 0.2) is 0 Å². The van der Waals surface area contributed by atoms with Crippen molar-refractivity contribution in [1.82, 2.24) is 0 Å². The van der Waals surface area contributed by atoms with Gasteiger partial charge in [0, 0.05) is 12.1 Å². The lowest BCUT2D eigenvalue weighted by Gasteiger charge is -2.04. The summed E-state index contributed by atoms with van der Waals surface area (Å²) in [5, 5.41) is 2.89. The molecule has 0 bridgehead atoms. The first kappa shape index (κ1) is 13.7. The number of benzene rings is 1. The first-order valence-electron chi connectivity index (χ1n) is 6.38. The molecule has 0 saturated heterocycles. The molecule has 0 aromatic heterocycles. The fourth-order valence-corrected chi connectivity index (χ4v) is 1.71. The van der Waals surface area contributed by atoms with E-state index in [1.807, 2.05) is 30.3 Å². The van der Waals surface area contributed by atoms with E-state index in [9.17, 15) is 4.79 Å². The van der Waals surface area contributed by atoms with Crippen LogP contribution in [0.25, 0.3) is 0 Å². The number of hydrogen-bond acceptors (Lipinski definition) is 2. The van der Waals surface area contributed by atoms with Crippen molar-refractivity contribution in [3.05, 3.63) is 30.3 Å². The summed E-state index contributed by atoms with van der Waals surface area (Å²) < 4.78 is 0. The molecule has 1 rings (SSSR count). The summed E-state index contributed by atoms with van der Waals surface area (Å²) >= 11 is 0. The van der Waals surface area contributed by atoms with E-state index in [2.05, 4.69) is 5.32 Å². The van der Waals surface area contributed by atoms with Crippen LogP contribution in [-0.2, 0) is 4.79 Å². The van der Waals surface area contributed by atoms with Crippen LogP contribution in [-0.4, -0.2) is 12.5 Å². The van der Waals surface area contributed by atoms with Crippen molar-refractivity contribution in [2.75, 3.05) is 11.9 Å². The van der Waals surface area contributed by atoms with E-state index in [0.717, 1.165) is 31.5 Å². The number of anilines is 1. The van der Waals surface area contributed by atoms with Gasteiger partial charge in [-0.05, 0) is 31.5 Å². The maximum atomic E-state index is 11.6. The Bertz CT molecular complexity index is 311. The zero-order valence-corrected chi connectivity index (χ0v) is 10.3. The molecule has 0 aliphatic carbocycles. The van der Waals surface area contributed by atoms with E-state index in [0.29, 0.717) is 6.42 Å². The number of rotatable bonds is 8. The van der Waals surface area contributed by atoms with Gasteiger partial charge >= 0.3 is 0 Å². The highest BCUT2D eigenvalue weighted by Crippen LogP contribution is 2.08. The molecular formula is C14H22N2O. The van der Waals surface area contributed by atoms with Gasteiger partial charge in [-0.3, -0.25) is 4.79 Å². The number of carbonyl (C=O) groups is 1. The third kappa shape index (κ3) is 6.74. The molecule has 0 radical (unpaired) electrons. The van der Waals surface area contributed by atoms with Gasteiger partial charge in [-0.25, -0.2) is 0 Å². The van der Waals surface area contributed by atoms with Crippen molar-refractivity contribution in [3.8, 4) is 0 Å². The summed E-state index contributed by atoms with van der Waals surface area (Å²) in [5.74, 6) is 0.107. The number of hydrogen-bond donors (Lipinski definition) is 2. The lowest BCUT2D eigenvalue weighted by molar-refractivity contribution is -0.116. The highest BCUT2D eigenvalue weighted by molar-refractivity contribution is 5.90. The molecule has 3 nitrogen and oxygen atoms in total. The van der Waals surface area contributed by atoms with Gasteiger partial charge in [0.1, 0.15) is 0 Å². The predicted molar refractivity (Wildman–Crippen MR) is 71.8 cm³/mol. The maximum Gasteiger partial charge on any atom is 0.224 e. The summed E-state index contributed by atoms with van der Waals surface area (Å²) in [5.41, 5.74) is 6.29. The second kappa shape index (κ2) is 8.76. The molecule has 0 fully saturated rings. The summed E-state index contributed by atoms with van der Waals surface area (Å²) in [6.45, 7) is 0.772. The second-order valence-corrected chi connectivity index (χ2v) is 4.22. The Hall–Kier alpha value is -1.35. The summed E-state index contributed by atoms with van der Waals surface area (Å²) in [7, 11) is 0. The predicted octanol–water partition coefficient (Wildman–Crippen LogP) is 2.92. The fourth-order valence-electron chi connectivity index (χ4n) is 1.71. The molecule has 3 heteroatoms. The van der Waals surface area contributed by atoms with Crippen LogP contribution in [0.15, 0.2) is 30.3 Å². The van der Waals surface area contributed by atoms with E-state index >= 15 is 0 Å². The molecule has 0 aliphatic heterocycles. The Morgan fingerprint density at radius 1 is 1.00 bits per heavy atom. The van der Waals surface area contributed by atoms with Crippen LogP contribution in [0.5, 0.6) is 0 Å². The van der Waals surface area contributed by atoms with E-state index in [1.54, 1.807) is 0 Å². The number of amides is 1. The van der Waals surface area contributed by atoms with Crippen molar-refractivity contribution in [1.29, 1.82) is 0 Å². The van der Waals surface area contributed by atoms with Crippen LogP contribution in [0.4, 0.5) is 5.69 Å². The van der Waals surface area contributed by atoms with E-state index in [1.165, 1.54) is 12.8 Å². The Morgan fingerprint density at radius 2 is 1.65 bits per heavy atom. The molecule has 1 amide bonds. The highest BCUT2D eigenvalue weighted by Gasteiger charge is 2.01. The monoisotopic (exact) mass is 234 g/mol. The topological polar surface area (TPSA) is 55.1 Å². The average Bonchev–Trinajstić information content (AvgIpc) is 2.35. The number of nitrogens with one attached hydrogen (secondary N) is 1. The van der Waals surface area contributed by atoms with Crippen LogP contribution < -0.4 is 11.1 Å². The van der Waals surface area contributed by atoms with Crippen LogP contribution in [0.2, 0.25) is 0 Å². The minimum absolute atomic E-state index is 0.107. The summed E-state index contributed by atoms with van der Waals surface area (Å²) in [4.78, 5) is 11.6. The molecule has 0 heterocycles. The molecule has 0 unspecified atom stereocenters. The van der Waals surface area contributed by atoms with E-state index in [-0.39, 0.29) is 5.91 Å². The quantitative estimate of drug-likeness (QED) is 0.679. The maximum absolute atomic E-state index is 11.6. The zero-order valence-electron chi connectivity index (χ0n) is 10.3. The number of nitrogens with two attached hydrogens (primary N) is 1. The molecule has 94 valence electrons. The molecular weight excluding hydrogens is 212 g/mol. The average molecular weight is 234 g/mol. The second-order valence-electron chi connectivity index (χ2n) is 4.22. The summed E-state index contributed by atoms with van der Waals surface area (Å²) in [6, 6.07) is 9.58. The Balaban J connectivity index is 2.06. The van der Waals surface area contributed by atoms with Crippen LogP contribution >= 0.6 is 0 Å². The fraction of sp³-hybridized carbons (Fsp3) is 0.500. The van der Waals surface area contributed by atoms with Gasteiger partial charge in [0.25, 0.3) is 0 Å². The smallest absolute Gasteiger partial charge is 0.224 e. The van der Waals surface area contributed by atoms with Gasteiger partial charge in [-0.15, -0.1) is 0 Å². The van der Waals surface area contributed by atoms with Crippen molar-refractivity contribution in [2.24, 2.45) is 5.73 Å². The lowest BCUT2D eigenvalue weighted by atomic mass is 10.1. The molecule has 0 aliphatic rings. The Labute approximate surface area is 103 Å². The third-order valence-electron chi connectivity index (χ3n) is 2.67. The number of para-hydroxylation sites is 1. The van der Waals surface area contributed by atoms with Gasteiger partial charge in [-0.2, -0.15) is 0 Å². The molecule has 1 aromatic carbocycles. The minimum atomic E-state index is 0.107. The molecule has 0 atom stereocenters. The number of unbranched alkanes of at least 4 members (excludes halogenated alkanes) is 4. The molecule has 3 N–H and O–H groups in total. The third-order valence-corrected chi connectivity index (χ3v) is 2.67. The van der Waals surface area contributed by atoms with E-state index in [4.69, 9.17) is 5.73 Å². The van der Waals surface area contributed by atoms with Gasteiger partial charge in [0.2, 0.25) is 5.91 Å². The SMILES string of the molecule is NCCCCCCCC(=O)Nc1ccccc1. The first-order chi connectivity index (χ1) is 8.33. The highest BCUT2D eigenvalue weighted by atomic mass is 16.1. The number of carbonyl (C=O) groups excluding carboxylic acids is 1. The van der Waals surface area contributed by atoms with Gasteiger partial charge < -0.3 is 11.1 Å². The molecule has 17 heavy (non-hydrogen) atoms. The van der Waals surface area contributed by atoms with Gasteiger partial charge in [0.05, 0.1) is 0 Å². The largest absolute Gasteiger partial charge is 0.330 e. The molecule has 0 saturated carbocycles. The van der Waals surface area contributed by atoms with Crippen LogP contribution in [0.1, 0.15) is 38.5 Å². The Kier molecular flexibility index (Phi) is 7.07. The lowest BCUT2D eigenvalue weighted by Crippen LogP contribution is -2.10. The van der Waals surface area contributed by atoms with Crippen LogP contribution in [0.3, 0.4) is 0 Å². The summed E-state index contributed by atoms with van der Waals surface area (Å²) in [6.07, 6.45) is 6.13. The van der Waals surface area contributed by atoms with Crippen molar-refractivity contribution in [3.63, 3.8) is 0 Å².